The minimum absolute atomic E-state index is 0.158. The summed E-state index contributed by atoms with van der Waals surface area (Å²) in [4.78, 5) is 12.6. The molecule has 0 saturated carbocycles. The van der Waals surface area contributed by atoms with Gasteiger partial charge in [0.15, 0.2) is 0 Å². The number of nitrogens with zero attached hydrogens (tertiary/aromatic N) is 2. The summed E-state index contributed by atoms with van der Waals surface area (Å²) in [5.41, 5.74) is 4.00. The van der Waals surface area contributed by atoms with Crippen LogP contribution in [0, 0.1) is 13.8 Å². The number of carbonyl (C=O) groups excluding carboxylic acids is 1. The van der Waals surface area contributed by atoms with Crippen molar-refractivity contribution in [1.82, 2.24) is 9.78 Å². The lowest BCUT2D eigenvalue weighted by Gasteiger charge is -2.09. The molecular formula is C20H20BrN3O2. The predicted octanol–water partition coefficient (Wildman–Crippen LogP) is 4.63. The maximum atomic E-state index is 12.6. The first-order valence-electron chi connectivity index (χ1n) is 8.23. The molecule has 0 aliphatic heterocycles. The molecule has 0 saturated heterocycles. The summed E-state index contributed by atoms with van der Waals surface area (Å²) >= 11 is 3.40. The highest BCUT2D eigenvalue weighted by atomic mass is 79.9. The first-order valence-corrected chi connectivity index (χ1v) is 9.02. The average Bonchev–Trinajstić information content (AvgIpc) is 2.87. The molecule has 0 aliphatic rings. The SMILES string of the molecule is Cc1nn(C)c(C)c1NC(=O)c1cccc(COc2ccc(Br)cc2)c1. The number of ether oxygens (including phenoxy) is 1. The van der Waals surface area contributed by atoms with E-state index in [0.717, 1.165) is 32.9 Å². The smallest absolute Gasteiger partial charge is 0.255 e. The zero-order valence-corrected chi connectivity index (χ0v) is 16.5. The van der Waals surface area contributed by atoms with Gasteiger partial charge in [-0.3, -0.25) is 9.48 Å². The number of aromatic nitrogens is 2. The lowest BCUT2D eigenvalue weighted by atomic mass is 10.1. The fourth-order valence-electron chi connectivity index (χ4n) is 2.64. The molecule has 0 unspecified atom stereocenters. The van der Waals surface area contributed by atoms with E-state index in [4.69, 9.17) is 4.74 Å². The third-order valence-corrected chi connectivity index (χ3v) is 4.68. The molecule has 0 spiro atoms. The molecule has 0 aliphatic carbocycles. The predicted molar refractivity (Wildman–Crippen MR) is 106 cm³/mol. The van der Waals surface area contributed by atoms with Gasteiger partial charge in [-0.05, 0) is 55.8 Å². The van der Waals surface area contributed by atoms with Gasteiger partial charge >= 0.3 is 0 Å². The normalized spacial score (nSPS) is 10.6. The standard InChI is InChI=1S/C20H20BrN3O2/c1-13-19(14(2)24(3)23-13)22-20(25)16-6-4-5-15(11-16)12-26-18-9-7-17(21)8-10-18/h4-11H,12H2,1-3H3,(H,22,25). The Labute approximate surface area is 161 Å². The molecule has 1 heterocycles. The zero-order chi connectivity index (χ0) is 18.7. The molecule has 134 valence electrons. The average molecular weight is 414 g/mol. The van der Waals surface area contributed by atoms with Crippen molar-refractivity contribution in [3.8, 4) is 5.75 Å². The molecule has 0 fully saturated rings. The second-order valence-corrected chi connectivity index (χ2v) is 6.98. The highest BCUT2D eigenvalue weighted by Gasteiger charge is 2.14. The summed E-state index contributed by atoms with van der Waals surface area (Å²) in [5, 5.41) is 7.28. The van der Waals surface area contributed by atoms with Gasteiger partial charge in [0.1, 0.15) is 12.4 Å². The first kappa shape index (κ1) is 18.2. The number of hydrogen-bond acceptors (Lipinski definition) is 3. The Bertz CT molecular complexity index is 933. The summed E-state index contributed by atoms with van der Waals surface area (Å²) in [7, 11) is 1.86. The van der Waals surface area contributed by atoms with Gasteiger partial charge in [-0.15, -0.1) is 0 Å². The molecule has 5 nitrogen and oxygen atoms in total. The van der Waals surface area contributed by atoms with Crippen LogP contribution in [0.4, 0.5) is 5.69 Å². The Hall–Kier alpha value is -2.60. The summed E-state index contributed by atoms with van der Waals surface area (Å²) in [6, 6.07) is 15.1. The second-order valence-electron chi connectivity index (χ2n) is 6.07. The van der Waals surface area contributed by atoms with Crippen LogP contribution >= 0.6 is 15.9 Å². The van der Waals surface area contributed by atoms with E-state index in [1.54, 1.807) is 10.7 Å². The number of carbonyl (C=O) groups is 1. The third-order valence-electron chi connectivity index (χ3n) is 4.16. The number of nitrogens with one attached hydrogen (secondary N) is 1. The monoisotopic (exact) mass is 413 g/mol. The van der Waals surface area contributed by atoms with Crippen molar-refractivity contribution in [3.05, 3.63) is 75.5 Å². The van der Waals surface area contributed by atoms with Crippen molar-refractivity contribution < 1.29 is 9.53 Å². The zero-order valence-electron chi connectivity index (χ0n) is 14.9. The van der Waals surface area contributed by atoms with E-state index in [9.17, 15) is 4.79 Å². The molecule has 1 amide bonds. The van der Waals surface area contributed by atoms with Crippen molar-refractivity contribution in [3.63, 3.8) is 0 Å². The lowest BCUT2D eigenvalue weighted by molar-refractivity contribution is 0.102. The molecule has 3 rings (SSSR count). The summed E-state index contributed by atoms with van der Waals surface area (Å²) in [5.74, 6) is 0.624. The highest BCUT2D eigenvalue weighted by molar-refractivity contribution is 9.10. The fraction of sp³-hybridized carbons (Fsp3) is 0.200. The van der Waals surface area contributed by atoms with Crippen LogP contribution in [0.1, 0.15) is 27.3 Å². The molecule has 0 radical (unpaired) electrons. The van der Waals surface area contributed by atoms with E-state index in [1.807, 2.05) is 63.4 Å². The Morgan fingerprint density at radius 1 is 1.19 bits per heavy atom. The number of halogens is 1. The van der Waals surface area contributed by atoms with E-state index >= 15 is 0 Å². The van der Waals surface area contributed by atoms with Crippen LogP contribution in [0.25, 0.3) is 0 Å². The Morgan fingerprint density at radius 3 is 2.58 bits per heavy atom. The summed E-state index contributed by atoms with van der Waals surface area (Å²) in [6.07, 6.45) is 0. The minimum atomic E-state index is -0.158. The molecule has 1 N–H and O–H groups in total. The highest BCUT2D eigenvalue weighted by Crippen LogP contribution is 2.20. The van der Waals surface area contributed by atoms with Crippen LogP contribution in [0.5, 0.6) is 5.75 Å². The van der Waals surface area contributed by atoms with Gasteiger partial charge in [-0.1, -0.05) is 28.1 Å². The molecular weight excluding hydrogens is 394 g/mol. The van der Waals surface area contributed by atoms with Gasteiger partial charge in [0.25, 0.3) is 5.91 Å². The fourth-order valence-corrected chi connectivity index (χ4v) is 2.90. The van der Waals surface area contributed by atoms with Gasteiger partial charge in [-0.2, -0.15) is 5.10 Å². The van der Waals surface area contributed by atoms with E-state index in [-0.39, 0.29) is 5.91 Å². The molecule has 1 aromatic heterocycles. The number of amides is 1. The Balaban J connectivity index is 1.70. The number of hydrogen-bond donors (Lipinski definition) is 1. The van der Waals surface area contributed by atoms with Gasteiger partial charge in [0.05, 0.1) is 17.1 Å². The number of benzene rings is 2. The van der Waals surface area contributed by atoms with E-state index in [1.165, 1.54) is 0 Å². The topological polar surface area (TPSA) is 56.2 Å². The Morgan fingerprint density at radius 2 is 1.92 bits per heavy atom. The van der Waals surface area contributed by atoms with Gasteiger partial charge < -0.3 is 10.1 Å². The summed E-state index contributed by atoms with van der Waals surface area (Å²) in [6.45, 7) is 4.21. The summed E-state index contributed by atoms with van der Waals surface area (Å²) < 4.78 is 8.54. The van der Waals surface area contributed by atoms with E-state index < -0.39 is 0 Å². The number of anilines is 1. The molecule has 3 aromatic rings. The largest absolute Gasteiger partial charge is 0.489 e. The number of rotatable bonds is 5. The van der Waals surface area contributed by atoms with Crippen LogP contribution in [-0.4, -0.2) is 15.7 Å². The molecule has 0 atom stereocenters. The molecule has 0 bridgehead atoms. The van der Waals surface area contributed by atoms with Crippen LogP contribution < -0.4 is 10.1 Å². The van der Waals surface area contributed by atoms with Gasteiger partial charge in [0, 0.05) is 17.1 Å². The van der Waals surface area contributed by atoms with Gasteiger partial charge in [-0.25, -0.2) is 0 Å². The first-order chi connectivity index (χ1) is 12.4. The third kappa shape index (κ3) is 4.14. The maximum absolute atomic E-state index is 12.6. The van der Waals surface area contributed by atoms with E-state index in [0.29, 0.717) is 12.2 Å². The molecule has 2 aromatic carbocycles. The molecule has 26 heavy (non-hydrogen) atoms. The van der Waals surface area contributed by atoms with Crippen LogP contribution in [0.3, 0.4) is 0 Å². The minimum Gasteiger partial charge on any atom is -0.489 e. The molecule has 6 heteroatoms. The quantitative estimate of drug-likeness (QED) is 0.662. The van der Waals surface area contributed by atoms with Crippen LogP contribution in [0.15, 0.2) is 53.0 Å². The van der Waals surface area contributed by atoms with Crippen LogP contribution in [0.2, 0.25) is 0 Å². The second kappa shape index (κ2) is 7.74. The van der Waals surface area contributed by atoms with E-state index in [2.05, 4.69) is 26.3 Å². The van der Waals surface area contributed by atoms with Crippen molar-refractivity contribution >= 4 is 27.5 Å². The number of aryl methyl sites for hydroxylation is 2. The van der Waals surface area contributed by atoms with Crippen molar-refractivity contribution in [1.29, 1.82) is 0 Å². The van der Waals surface area contributed by atoms with Crippen molar-refractivity contribution in [2.45, 2.75) is 20.5 Å². The van der Waals surface area contributed by atoms with Crippen LogP contribution in [-0.2, 0) is 13.7 Å². The lowest BCUT2D eigenvalue weighted by Crippen LogP contribution is -2.13. The van der Waals surface area contributed by atoms with Crippen molar-refractivity contribution in [2.75, 3.05) is 5.32 Å². The van der Waals surface area contributed by atoms with Gasteiger partial charge in [0.2, 0.25) is 0 Å². The Kier molecular flexibility index (Phi) is 5.42. The van der Waals surface area contributed by atoms with Crippen molar-refractivity contribution in [2.24, 2.45) is 7.05 Å². The maximum Gasteiger partial charge on any atom is 0.255 e.